The number of benzene rings is 2. The van der Waals surface area contributed by atoms with Crippen LogP contribution in [-0.4, -0.2) is 18.4 Å². The second kappa shape index (κ2) is 7.77. The van der Waals surface area contributed by atoms with E-state index in [1.54, 1.807) is 30.3 Å². The minimum absolute atomic E-state index is 0.109. The van der Waals surface area contributed by atoms with Gasteiger partial charge in [0.15, 0.2) is 0 Å². The van der Waals surface area contributed by atoms with E-state index in [9.17, 15) is 9.59 Å². The van der Waals surface area contributed by atoms with Crippen LogP contribution in [0.5, 0.6) is 0 Å². The Morgan fingerprint density at radius 2 is 1.92 bits per heavy atom. The van der Waals surface area contributed by atoms with Crippen LogP contribution in [0.25, 0.3) is 0 Å². The third-order valence-corrected chi connectivity index (χ3v) is 6.50. The van der Waals surface area contributed by atoms with Gasteiger partial charge in [0, 0.05) is 23.1 Å². The molecule has 0 unspecified atom stereocenters. The number of amides is 2. The van der Waals surface area contributed by atoms with Gasteiger partial charge in [-0.25, -0.2) is 0 Å². The molecule has 0 bridgehead atoms. The molecule has 4 nitrogen and oxygen atoms in total. The SMILES string of the molecule is Cc1c(NC(=O)[C@@H]2CC(=O)N(c3cccc(Cl)c3Cl)C2)ccc(Br)c1Cl. The van der Waals surface area contributed by atoms with E-state index in [1.807, 2.05) is 6.92 Å². The molecule has 1 N–H and O–H groups in total. The number of carbonyl (C=O) groups is 2. The summed E-state index contributed by atoms with van der Waals surface area (Å²) in [4.78, 5) is 26.5. The van der Waals surface area contributed by atoms with Gasteiger partial charge in [-0.15, -0.1) is 0 Å². The first kappa shape index (κ1) is 19.5. The van der Waals surface area contributed by atoms with Crippen LogP contribution in [0.15, 0.2) is 34.8 Å². The largest absolute Gasteiger partial charge is 0.325 e. The molecule has 1 aliphatic rings. The molecule has 0 saturated carbocycles. The molecule has 2 amide bonds. The lowest BCUT2D eigenvalue weighted by molar-refractivity contribution is -0.122. The first-order valence-corrected chi connectivity index (χ1v) is 9.72. The Morgan fingerprint density at radius 3 is 2.65 bits per heavy atom. The van der Waals surface area contributed by atoms with Gasteiger partial charge in [0.1, 0.15) is 0 Å². The Labute approximate surface area is 174 Å². The number of hydrogen-bond donors (Lipinski definition) is 1. The maximum absolute atomic E-state index is 12.6. The van der Waals surface area contributed by atoms with Crippen molar-refractivity contribution >= 4 is 73.9 Å². The van der Waals surface area contributed by atoms with E-state index < -0.39 is 5.92 Å². The quantitative estimate of drug-likeness (QED) is 0.617. The standard InChI is InChI=1S/C18H14BrCl3N2O2/c1-9-13(6-5-11(19)16(9)21)23-18(26)10-7-15(25)24(8-10)14-4-2-3-12(20)17(14)22/h2-6,10H,7-8H2,1H3,(H,23,26)/t10-/m1/s1. The highest BCUT2D eigenvalue weighted by molar-refractivity contribution is 9.10. The highest BCUT2D eigenvalue weighted by Crippen LogP contribution is 2.36. The van der Waals surface area contributed by atoms with Gasteiger partial charge in [-0.2, -0.15) is 0 Å². The molecule has 3 rings (SSSR count). The summed E-state index contributed by atoms with van der Waals surface area (Å²) in [5.74, 6) is -0.889. The van der Waals surface area contributed by atoms with Gasteiger partial charge in [-0.05, 0) is 52.7 Å². The van der Waals surface area contributed by atoms with Crippen molar-refractivity contribution in [2.24, 2.45) is 5.92 Å². The van der Waals surface area contributed by atoms with Gasteiger partial charge >= 0.3 is 0 Å². The van der Waals surface area contributed by atoms with Crippen LogP contribution in [0.2, 0.25) is 15.1 Å². The summed E-state index contributed by atoms with van der Waals surface area (Å²) in [6.45, 7) is 2.06. The molecule has 1 atom stereocenters. The van der Waals surface area contributed by atoms with Crippen LogP contribution in [0.1, 0.15) is 12.0 Å². The molecule has 0 aliphatic carbocycles. The van der Waals surface area contributed by atoms with E-state index in [-0.39, 0.29) is 24.8 Å². The zero-order valence-electron chi connectivity index (χ0n) is 13.7. The first-order chi connectivity index (χ1) is 12.3. The lowest BCUT2D eigenvalue weighted by Crippen LogP contribution is -2.28. The summed E-state index contributed by atoms with van der Waals surface area (Å²) in [6.07, 6.45) is 0.109. The number of nitrogens with one attached hydrogen (secondary N) is 1. The number of nitrogens with zero attached hydrogens (tertiary/aromatic N) is 1. The van der Waals surface area contributed by atoms with Crippen molar-refractivity contribution in [2.45, 2.75) is 13.3 Å². The van der Waals surface area contributed by atoms with Gasteiger partial charge in [0.25, 0.3) is 0 Å². The third kappa shape index (κ3) is 3.72. The zero-order chi connectivity index (χ0) is 19.0. The Bertz CT molecular complexity index is 904. The average Bonchev–Trinajstić information content (AvgIpc) is 2.99. The van der Waals surface area contributed by atoms with Gasteiger partial charge in [-0.3, -0.25) is 9.59 Å². The van der Waals surface area contributed by atoms with Crippen LogP contribution >= 0.6 is 50.7 Å². The molecule has 26 heavy (non-hydrogen) atoms. The Balaban J connectivity index is 1.77. The molecule has 1 fully saturated rings. The maximum atomic E-state index is 12.6. The summed E-state index contributed by atoms with van der Waals surface area (Å²) in [5.41, 5.74) is 1.89. The molecule has 2 aromatic carbocycles. The molecule has 136 valence electrons. The van der Waals surface area contributed by atoms with Gasteiger partial charge in [-0.1, -0.05) is 40.9 Å². The number of rotatable bonds is 3. The van der Waals surface area contributed by atoms with E-state index in [4.69, 9.17) is 34.8 Å². The normalized spacial score (nSPS) is 16.9. The van der Waals surface area contributed by atoms with Gasteiger partial charge in [0.2, 0.25) is 11.8 Å². The topological polar surface area (TPSA) is 49.4 Å². The lowest BCUT2D eigenvalue weighted by atomic mass is 10.1. The van der Waals surface area contributed by atoms with Crippen molar-refractivity contribution in [1.29, 1.82) is 0 Å². The third-order valence-electron chi connectivity index (χ3n) is 4.31. The number of carbonyl (C=O) groups excluding carboxylic acids is 2. The second-order valence-corrected chi connectivity index (χ2v) is 8.02. The van der Waals surface area contributed by atoms with Gasteiger partial charge < -0.3 is 10.2 Å². The van der Waals surface area contributed by atoms with Crippen molar-refractivity contribution in [2.75, 3.05) is 16.8 Å². The van der Waals surface area contributed by atoms with Crippen LogP contribution in [0.4, 0.5) is 11.4 Å². The summed E-state index contributed by atoms with van der Waals surface area (Å²) in [6, 6.07) is 8.62. The van der Waals surface area contributed by atoms with E-state index in [1.165, 1.54) is 4.90 Å². The molecule has 0 radical (unpaired) electrons. The Kier molecular flexibility index (Phi) is 5.82. The van der Waals surface area contributed by atoms with Crippen LogP contribution in [0, 0.1) is 12.8 Å². The summed E-state index contributed by atoms with van der Waals surface area (Å²) < 4.78 is 0.757. The van der Waals surface area contributed by atoms with Gasteiger partial charge in [0.05, 0.1) is 26.7 Å². The summed E-state index contributed by atoms with van der Waals surface area (Å²) in [7, 11) is 0. The van der Waals surface area contributed by atoms with E-state index in [0.29, 0.717) is 26.4 Å². The van der Waals surface area contributed by atoms with E-state index >= 15 is 0 Å². The zero-order valence-corrected chi connectivity index (χ0v) is 17.5. The summed E-state index contributed by atoms with van der Waals surface area (Å²) >= 11 is 21.8. The lowest BCUT2D eigenvalue weighted by Gasteiger charge is -2.19. The molecule has 1 aliphatic heterocycles. The predicted octanol–water partition coefficient (Wildman–Crippen LogP) is 5.71. The molecule has 0 spiro atoms. The maximum Gasteiger partial charge on any atom is 0.229 e. The molecule has 2 aromatic rings. The van der Waals surface area contributed by atoms with Crippen LogP contribution in [0.3, 0.4) is 0 Å². The number of halogens is 4. The predicted molar refractivity (Wildman–Crippen MR) is 109 cm³/mol. The van der Waals surface area contributed by atoms with Crippen molar-refractivity contribution in [3.05, 3.63) is 55.4 Å². The smallest absolute Gasteiger partial charge is 0.229 e. The van der Waals surface area contributed by atoms with Crippen molar-refractivity contribution in [3.63, 3.8) is 0 Å². The molecular weight excluding hydrogens is 462 g/mol. The fraction of sp³-hybridized carbons (Fsp3) is 0.222. The summed E-state index contributed by atoms with van der Waals surface area (Å²) in [5, 5.41) is 4.07. The van der Waals surface area contributed by atoms with Crippen molar-refractivity contribution < 1.29 is 9.59 Å². The van der Waals surface area contributed by atoms with E-state index in [2.05, 4.69) is 21.2 Å². The highest BCUT2D eigenvalue weighted by Gasteiger charge is 2.36. The number of hydrogen-bond acceptors (Lipinski definition) is 2. The van der Waals surface area contributed by atoms with Crippen LogP contribution in [-0.2, 0) is 9.59 Å². The molecule has 0 aromatic heterocycles. The minimum Gasteiger partial charge on any atom is -0.325 e. The molecule has 1 heterocycles. The van der Waals surface area contributed by atoms with Crippen molar-refractivity contribution in [1.82, 2.24) is 0 Å². The van der Waals surface area contributed by atoms with Crippen LogP contribution < -0.4 is 10.2 Å². The minimum atomic E-state index is -0.487. The Hall–Kier alpha value is -1.27. The highest BCUT2D eigenvalue weighted by atomic mass is 79.9. The number of anilines is 2. The molecule has 8 heteroatoms. The Morgan fingerprint density at radius 1 is 1.19 bits per heavy atom. The fourth-order valence-corrected chi connectivity index (χ4v) is 3.83. The molecular formula is C18H14BrCl3N2O2. The monoisotopic (exact) mass is 474 g/mol. The van der Waals surface area contributed by atoms with E-state index in [0.717, 1.165) is 10.0 Å². The van der Waals surface area contributed by atoms with Crippen molar-refractivity contribution in [3.8, 4) is 0 Å². The average molecular weight is 477 g/mol. The second-order valence-electron chi connectivity index (χ2n) is 6.00. The first-order valence-electron chi connectivity index (χ1n) is 7.79. The molecule has 1 saturated heterocycles. The fourth-order valence-electron chi connectivity index (χ4n) is 2.84.